The van der Waals surface area contributed by atoms with E-state index < -0.39 is 10.0 Å². The maximum atomic E-state index is 13.0. The fraction of sp³-hybridized carbons (Fsp3) is 0.240. The van der Waals surface area contributed by atoms with Crippen LogP contribution >= 0.6 is 0 Å². The molecule has 4 heterocycles. The van der Waals surface area contributed by atoms with Crippen molar-refractivity contribution in [3.8, 4) is 17.1 Å². The summed E-state index contributed by atoms with van der Waals surface area (Å²) in [5.74, 6) is -0.372. The second-order valence-corrected chi connectivity index (χ2v) is 10.7. The molecule has 0 unspecified atom stereocenters. The van der Waals surface area contributed by atoms with Crippen LogP contribution in [-0.4, -0.2) is 76.8 Å². The maximum absolute atomic E-state index is 13.0. The molecule has 1 saturated heterocycles. The van der Waals surface area contributed by atoms with E-state index in [0.29, 0.717) is 60.4 Å². The highest BCUT2D eigenvalue weighted by Gasteiger charge is 2.28. The second kappa shape index (κ2) is 9.69. The summed E-state index contributed by atoms with van der Waals surface area (Å²) in [4.78, 5) is 26.2. The number of likely N-dealkylation sites (N-methyl/N-ethyl adjacent to an activating group) is 1. The normalized spacial score (nSPS) is 15.2. The number of hydrogen-bond donors (Lipinski definition) is 3. The van der Waals surface area contributed by atoms with Crippen LogP contribution in [-0.2, 0) is 16.6 Å². The fourth-order valence-corrected chi connectivity index (χ4v) is 5.59. The van der Waals surface area contributed by atoms with Gasteiger partial charge in [0, 0.05) is 67.8 Å². The zero-order chi connectivity index (χ0) is 25.3. The zero-order valence-corrected chi connectivity index (χ0v) is 20.5. The molecule has 0 atom stereocenters. The van der Waals surface area contributed by atoms with Crippen LogP contribution in [0.4, 0.5) is 0 Å². The van der Waals surface area contributed by atoms with Crippen molar-refractivity contribution in [3.05, 3.63) is 72.2 Å². The van der Waals surface area contributed by atoms with Gasteiger partial charge < -0.3 is 20.3 Å². The highest BCUT2D eigenvalue weighted by molar-refractivity contribution is 7.89. The number of fused-ring (bicyclic) bond motifs is 1. The Morgan fingerprint density at radius 1 is 1.08 bits per heavy atom. The van der Waals surface area contributed by atoms with E-state index in [2.05, 4.69) is 25.2 Å². The SMILES string of the molecule is CN1CCN(S(=O)(=O)c2ccc(-c3c(O)[nH]c4ccc(C(=O)NCc5ccncc5)cc34)nc2)CC1. The summed E-state index contributed by atoms with van der Waals surface area (Å²) in [5, 5.41) is 14.1. The Bertz CT molecular complexity index is 1500. The number of rotatable bonds is 6. The number of amides is 1. The highest BCUT2D eigenvalue weighted by atomic mass is 32.2. The Kier molecular flexibility index (Phi) is 6.44. The molecule has 0 spiro atoms. The first-order valence-electron chi connectivity index (χ1n) is 11.5. The molecule has 0 radical (unpaired) electrons. The van der Waals surface area contributed by atoms with Gasteiger partial charge in [-0.05, 0) is 55.1 Å². The van der Waals surface area contributed by atoms with Crippen LogP contribution in [0.25, 0.3) is 22.2 Å². The minimum atomic E-state index is -3.65. The van der Waals surface area contributed by atoms with Gasteiger partial charge in [0.1, 0.15) is 4.90 Å². The van der Waals surface area contributed by atoms with E-state index in [1.54, 1.807) is 36.7 Å². The average Bonchev–Trinajstić information content (AvgIpc) is 3.23. The summed E-state index contributed by atoms with van der Waals surface area (Å²) in [6.45, 7) is 2.56. The summed E-state index contributed by atoms with van der Waals surface area (Å²) in [6.07, 6.45) is 4.64. The van der Waals surface area contributed by atoms with Crippen molar-refractivity contribution >= 4 is 26.8 Å². The van der Waals surface area contributed by atoms with E-state index in [4.69, 9.17) is 0 Å². The molecular weight excluding hydrogens is 480 g/mol. The fourth-order valence-electron chi connectivity index (χ4n) is 4.22. The third-order valence-electron chi connectivity index (χ3n) is 6.34. The second-order valence-electron chi connectivity index (χ2n) is 8.73. The summed E-state index contributed by atoms with van der Waals surface area (Å²) >= 11 is 0. The summed E-state index contributed by atoms with van der Waals surface area (Å²) in [7, 11) is -1.69. The van der Waals surface area contributed by atoms with Gasteiger partial charge in [-0.1, -0.05) is 0 Å². The lowest BCUT2D eigenvalue weighted by molar-refractivity contribution is 0.0951. The van der Waals surface area contributed by atoms with Crippen molar-refractivity contribution in [1.82, 2.24) is 29.5 Å². The minimum Gasteiger partial charge on any atom is -0.494 e. The minimum absolute atomic E-state index is 0.103. The topological polar surface area (TPSA) is 132 Å². The quantitative estimate of drug-likeness (QED) is 0.365. The summed E-state index contributed by atoms with van der Waals surface area (Å²) in [6, 6.07) is 11.8. The molecule has 1 aliphatic heterocycles. The Morgan fingerprint density at radius 2 is 1.83 bits per heavy atom. The average molecular weight is 507 g/mol. The first-order chi connectivity index (χ1) is 17.3. The number of piperazine rings is 1. The van der Waals surface area contributed by atoms with Crippen molar-refractivity contribution in [2.24, 2.45) is 0 Å². The van der Waals surface area contributed by atoms with E-state index in [0.717, 1.165) is 5.56 Å². The van der Waals surface area contributed by atoms with Gasteiger partial charge in [-0.2, -0.15) is 4.31 Å². The van der Waals surface area contributed by atoms with Crippen molar-refractivity contribution in [1.29, 1.82) is 0 Å². The van der Waals surface area contributed by atoms with Gasteiger partial charge >= 0.3 is 0 Å². The van der Waals surface area contributed by atoms with Gasteiger partial charge in [-0.15, -0.1) is 0 Å². The molecule has 0 aliphatic carbocycles. The molecule has 4 aromatic rings. The number of aromatic nitrogens is 3. The summed E-state index contributed by atoms with van der Waals surface area (Å²) in [5.41, 5.74) is 2.77. The molecule has 5 rings (SSSR count). The standard InChI is InChI=1S/C25H26N6O4S/c1-30-10-12-31(13-11-30)36(34,35)19-3-5-22(27-16-19)23-20-14-18(2-4-21(20)29-25(23)33)24(32)28-15-17-6-8-26-9-7-17/h2-9,14,16,29,33H,10-13,15H2,1H3,(H,28,32). The molecule has 10 nitrogen and oxygen atoms in total. The number of carbonyl (C=O) groups excluding carboxylic acids is 1. The molecule has 11 heteroatoms. The van der Waals surface area contributed by atoms with Gasteiger partial charge in [-0.25, -0.2) is 8.42 Å². The third-order valence-corrected chi connectivity index (χ3v) is 8.22. The number of nitrogens with one attached hydrogen (secondary N) is 2. The molecule has 1 amide bonds. The van der Waals surface area contributed by atoms with E-state index in [-0.39, 0.29) is 16.7 Å². The van der Waals surface area contributed by atoms with Gasteiger partial charge in [0.2, 0.25) is 10.0 Å². The molecular formula is C25H26N6O4S. The Morgan fingerprint density at radius 3 is 2.53 bits per heavy atom. The predicted octanol–water partition coefficient (Wildman–Crippen LogP) is 2.20. The van der Waals surface area contributed by atoms with Crippen LogP contribution in [0.5, 0.6) is 5.88 Å². The van der Waals surface area contributed by atoms with Crippen LogP contribution in [0.15, 0.2) is 66.0 Å². The van der Waals surface area contributed by atoms with Gasteiger partial charge in [0.25, 0.3) is 5.91 Å². The molecule has 1 aliphatic rings. The Labute approximate surface area is 208 Å². The lowest BCUT2D eigenvalue weighted by Gasteiger charge is -2.31. The van der Waals surface area contributed by atoms with Gasteiger partial charge in [-0.3, -0.25) is 14.8 Å². The number of sulfonamides is 1. The number of aromatic amines is 1. The predicted molar refractivity (Wildman–Crippen MR) is 135 cm³/mol. The molecule has 186 valence electrons. The Hall–Kier alpha value is -3.80. The van der Waals surface area contributed by atoms with Crippen LogP contribution in [0.2, 0.25) is 0 Å². The van der Waals surface area contributed by atoms with Crippen molar-refractivity contribution < 1.29 is 18.3 Å². The van der Waals surface area contributed by atoms with Crippen LogP contribution in [0, 0.1) is 0 Å². The molecule has 1 fully saturated rings. The molecule has 3 N–H and O–H groups in total. The lowest BCUT2D eigenvalue weighted by Crippen LogP contribution is -2.47. The van der Waals surface area contributed by atoms with Crippen molar-refractivity contribution in [3.63, 3.8) is 0 Å². The zero-order valence-electron chi connectivity index (χ0n) is 19.7. The van der Waals surface area contributed by atoms with Crippen LogP contribution in [0.3, 0.4) is 0 Å². The van der Waals surface area contributed by atoms with E-state index in [9.17, 15) is 18.3 Å². The third kappa shape index (κ3) is 4.68. The smallest absolute Gasteiger partial charge is 0.251 e. The largest absolute Gasteiger partial charge is 0.494 e. The number of H-pyrrole nitrogens is 1. The van der Waals surface area contributed by atoms with E-state index in [1.807, 2.05) is 19.2 Å². The van der Waals surface area contributed by atoms with Crippen LogP contribution in [0.1, 0.15) is 15.9 Å². The van der Waals surface area contributed by atoms with Crippen molar-refractivity contribution in [2.75, 3.05) is 33.2 Å². The number of hydrogen-bond acceptors (Lipinski definition) is 7. The number of nitrogens with zero attached hydrogens (tertiary/aromatic N) is 4. The summed E-state index contributed by atoms with van der Waals surface area (Å²) < 4.78 is 27.5. The van der Waals surface area contributed by atoms with Crippen LogP contribution < -0.4 is 5.32 Å². The van der Waals surface area contributed by atoms with Gasteiger partial charge in [0.15, 0.2) is 5.88 Å². The van der Waals surface area contributed by atoms with Crippen molar-refractivity contribution in [2.45, 2.75) is 11.4 Å². The van der Waals surface area contributed by atoms with Gasteiger partial charge in [0.05, 0.1) is 11.3 Å². The molecule has 0 saturated carbocycles. The monoisotopic (exact) mass is 506 g/mol. The number of carbonyl (C=O) groups is 1. The molecule has 36 heavy (non-hydrogen) atoms. The Balaban J connectivity index is 1.40. The van der Waals surface area contributed by atoms with E-state index >= 15 is 0 Å². The molecule has 3 aromatic heterocycles. The number of benzene rings is 1. The highest BCUT2D eigenvalue weighted by Crippen LogP contribution is 2.36. The number of pyridine rings is 2. The first kappa shape index (κ1) is 23.9. The van der Waals surface area contributed by atoms with E-state index in [1.165, 1.54) is 16.6 Å². The number of aromatic hydroxyl groups is 1. The maximum Gasteiger partial charge on any atom is 0.251 e. The molecule has 1 aromatic carbocycles. The lowest BCUT2D eigenvalue weighted by atomic mass is 10.1. The first-order valence-corrected chi connectivity index (χ1v) is 12.9. The molecule has 0 bridgehead atoms.